The maximum Gasteiger partial charge on any atom is 0.155 e. The number of ether oxygens (including phenoxy) is 2. The second-order valence-corrected chi connectivity index (χ2v) is 16.2. The Balaban J connectivity index is 1.06. The Bertz CT molecular complexity index is 2760. The number of anilines is 3. The van der Waals surface area contributed by atoms with E-state index in [2.05, 4.69) is 215 Å². The van der Waals surface area contributed by atoms with E-state index in [0.717, 1.165) is 62.3 Å². The molecular weight excluding hydrogens is 695 g/mol. The summed E-state index contributed by atoms with van der Waals surface area (Å²) >= 11 is 0. The molecule has 0 amide bonds. The first-order valence-electron chi connectivity index (χ1n) is 19.8. The van der Waals surface area contributed by atoms with Crippen LogP contribution in [0.25, 0.3) is 33.4 Å². The fraction of sp³-hybridized carbons (Fsp3) is 0.111. The molecule has 0 radical (unpaired) electrons. The van der Waals surface area contributed by atoms with E-state index in [4.69, 9.17) is 9.47 Å². The van der Waals surface area contributed by atoms with Gasteiger partial charge in [0.15, 0.2) is 5.75 Å². The predicted octanol–water partition coefficient (Wildman–Crippen LogP) is 15.0. The summed E-state index contributed by atoms with van der Waals surface area (Å²) in [6, 6.07) is 66.9. The highest BCUT2D eigenvalue weighted by Crippen LogP contribution is 2.54. The van der Waals surface area contributed by atoms with Crippen LogP contribution in [0.15, 0.2) is 188 Å². The van der Waals surface area contributed by atoms with Crippen LogP contribution in [0.4, 0.5) is 17.1 Å². The molecule has 10 rings (SSSR count). The van der Waals surface area contributed by atoms with Crippen molar-refractivity contribution in [3.8, 4) is 56.4 Å². The maximum absolute atomic E-state index is 6.85. The average molecular weight is 738 g/mol. The van der Waals surface area contributed by atoms with Gasteiger partial charge in [0.05, 0.1) is 5.69 Å². The summed E-state index contributed by atoms with van der Waals surface area (Å²) in [5.41, 5.74) is 14.3. The monoisotopic (exact) mass is 737 g/mol. The van der Waals surface area contributed by atoms with Gasteiger partial charge in [-0.25, -0.2) is 0 Å². The first kappa shape index (κ1) is 34.6. The topological polar surface area (TPSA) is 21.7 Å². The third kappa shape index (κ3) is 5.81. The lowest BCUT2D eigenvalue weighted by atomic mass is 9.75. The zero-order valence-corrected chi connectivity index (χ0v) is 32.7. The van der Waals surface area contributed by atoms with Crippen molar-refractivity contribution < 1.29 is 9.47 Å². The molecule has 0 atom stereocenters. The molecule has 0 aliphatic carbocycles. The summed E-state index contributed by atoms with van der Waals surface area (Å²) in [5, 5.41) is 0. The van der Waals surface area contributed by atoms with Gasteiger partial charge in [-0.3, -0.25) is 0 Å². The number of nitrogens with zero attached hydrogens (tertiary/aromatic N) is 1. The third-order valence-corrected chi connectivity index (χ3v) is 12.0. The Labute approximate surface area is 335 Å². The normalized spacial score (nSPS) is 14.2. The lowest BCUT2D eigenvalue weighted by molar-refractivity contribution is 0.419. The highest BCUT2D eigenvalue weighted by molar-refractivity contribution is 5.85. The van der Waals surface area contributed by atoms with Crippen molar-refractivity contribution in [2.45, 2.75) is 38.5 Å². The molecule has 8 aromatic carbocycles. The summed E-state index contributed by atoms with van der Waals surface area (Å²) in [6.45, 7) is 9.14. The number of hydrogen-bond donors (Lipinski definition) is 0. The molecule has 57 heavy (non-hydrogen) atoms. The van der Waals surface area contributed by atoms with Gasteiger partial charge in [-0.05, 0) is 70.3 Å². The Morgan fingerprint density at radius 2 is 0.737 bits per heavy atom. The van der Waals surface area contributed by atoms with Crippen LogP contribution < -0.4 is 14.4 Å². The molecule has 2 heterocycles. The smallest absolute Gasteiger partial charge is 0.155 e. The zero-order valence-electron chi connectivity index (χ0n) is 32.7. The molecule has 2 aliphatic heterocycles. The lowest BCUT2D eigenvalue weighted by Gasteiger charge is -2.37. The number of para-hydroxylation sites is 4. The summed E-state index contributed by atoms with van der Waals surface area (Å²) in [6.07, 6.45) is 0. The summed E-state index contributed by atoms with van der Waals surface area (Å²) < 4.78 is 13.5. The molecule has 0 spiro atoms. The van der Waals surface area contributed by atoms with Gasteiger partial charge in [-0.1, -0.05) is 173 Å². The van der Waals surface area contributed by atoms with Crippen molar-refractivity contribution in [2.24, 2.45) is 0 Å². The summed E-state index contributed by atoms with van der Waals surface area (Å²) in [5.74, 6) is 3.60. The molecule has 2 aliphatic rings. The fourth-order valence-electron chi connectivity index (χ4n) is 8.83. The van der Waals surface area contributed by atoms with Crippen LogP contribution in [-0.4, -0.2) is 0 Å². The van der Waals surface area contributed by atoms with Crippen LogP contribution in [0.2, 0.25) is 0 Å². The van der Waals surface area contributed by atoms with Crippen LogP contribution in [0.1, 0.15) is 49.9 Å². The van der Waals surface area contributed by atoms with Crippen LogP contribution in [0.3, 0.4) is 0 Å². The summed E-state index contributed by atoms with van der Waals surface area (Å²) in [4.78, 5) is 2.32. The van der Waals surface area contributed by atoms with Crippen molar-refractivity contribution in [1.82, 2.24) is 0 Å². The molecule has 0 saturated heterocycles. The van der Waals surface area contributed by atoms with Crippen LogP contribution in [-0.2, 0) is 10.8 Å². The zero-order chi connectivity index (χ0) is 38.7. The Morgan fingerprint density at radius 3 is 1.30 bits per heavy atom. The van der Waals surface area contributed by atoms with Gasteiger partial charge >= 0.3 is 0 Å². The Hall–Kier alpha value is -6.84. The van der Waals surface area contributed by atoms with Gasteiger partial charge in [0.2, 0.25) is 0 Å². The molecule has 3 nitrogen and oxygen atoms in total. The van der Waals surface area contributed by atoms with Gasteiger partial charge < -0.3 is 14.4 Å². The number of benzene rings is 8. The fourth-order valence-corrected chi connectivity index (χ4v) is 8.83. The minimum atomic E-state index is -0.246. The van der Waals surface area contributed by atoms with Crippen molar-refractivity contribution in [2.75, 3.05) is 4.90 Å². The van der Waals surface area contributed by atoms with Crippen molar-refractivity contribution in [3.05, 3.63) is 210 Å². The van der Waals surface area contributed by atoms with Crippen LogP contribution >= 0.6 is 0 Å². The molecule has 8 aromatic rings. The Morgan fingerprint density at radius 1 is 0.333 bits per heavy atom. The Kier molecular flexibility index (Phi) is 8.16. The van der Waals surface area contributed by atoms with Gasteiger partial charge in [0, 0.05) is 50.0 Å². The minimum absolute atomic E-state index is 0.189. The molecular formula is C54H43NO2. The second kappa shape index (κ2) is 13.4. The minimum Gasteiger partial charge on any atom is -0.456 e. The van der Waals surface area contributed by atoms with Gasteiger partial charge in [0.25, 0.3) is 0 Å². The van der Waals surface area contributed by atoms with Crippen LogP contribution in [0.5, 0.6) is 23.0 Å². The van der Waals surface area contributed by atoms with Crippen molar-refractivity contribution in [3.63, 3.8) is 0 Å². The van der Waals surface area contributed by atoms with E-state index in [1.165, 1.54) is 33.4 Å². The molecule has 0 saturated carbocycles. The van der Waals surface area contributed by atoms with E-state index in [9.17, 15) is 0 Å². The standard InChI is InChI=1S/C54H43NO2/c1-53(2)44-17-8-10-22-49(44)56-51-43(16-12-19-46(51)53)40-30-34-42(35-31-40)55(48-21-13-20-47-52(48)57-50-23-11-9-18-45(50)54(47,3)4)41-32-28-39(29-33-41)38-26-24-37(25-27-38)36-14-6-5-7-15-36/h5-35H,1-4H3. The number of rotatable bonds is 6. The van der Waals surface area contributed by atoms with Gasteiger partial charge in [-0.15, -0.1) is 0 Å². The van der Waals surface area contributed by atoms with Gasteiger partial charge in [-0.2, -0.15) is 0 Å². The van der Waals surface area contributed by atoms with Crippen LogP contribution in [0, 0.1) is 0 Å². The van der Waals surface area contributed by atoms with Crippen molar-refractivity contribution >= 4 is 17.1 Å². The second-order valence-electron chi connectivity index (χ2n) is 16.2. The molecule has 3 heteroatoms. The van der Waals surface area contributed by atoms with Gasteiger partial charge in [0.1, 0.15) is 17.2 Å². The first-order valence-corrected chi connectivity index (χ1v) is 19.8. The SMILES string of the molecule is CC1(C)c2ccccc2Oc2c(-c3ccc(N(c4ccc(-c5ccc(-c6ccccc6)cc5)cc4)c4cccc5c4Oc4ccccc4C5(C)C)cc3)cccc21. The van der Waals surface area contributed by atoms with E-state index < -0.39 is 0 Å². The van der Waals surface area contributed by atoms with Crippen molar-refractivity contribution in [1.29, 1.82) is 0 Å². The third-order valence-electron chi connectivity index (χ3n) is 12.0. The largest absolute Gasteiger partial charge is 0.456 e. The molecule has 0 N–H and O–H groups in total. The molecule has 276 valence electrons. The molecule has 0 fully saturated rings. The molecule has 0 unspecified atom stereocenters. The predicted molar refractivity (Wildman–Crippen MR) is 235 cm³/mol. The number of hydrogen-bond acceptors (Lipinski definition) is 3. The molecule has 0 bridgehead atoms. The van der Waals surface area contributed by atoms with E-state index in [1.54, 1.807) is 0 Å². The highest BCUT2D eigenvalue weighted by Gasteiger charge is 2.37. The highest BCUT2D eigenvalue weighted by atomic mass is 16.5. The first-order chi connectivity index (χ1) is 27.8. The summed E-state index contributed by atoms with van der Waals surface area (Å²) in [7, 11) is 0. The van der Waals surface area contributed by atoms with E-state index >= 15 is 0 Å². The number of fused-ring (bicyclic) bond motifs is 4. The van der Waals surface area contributed by atoms with E-state index in [1.807, 2.05) is 6.07 Å². The average Bonchev–Trinajstić information content (AvgIpc) is 3.25. The quantitative estimate of drug-likeness (QED) is 0.170. The van der Waals surface area contributed by atoms with E-state index in [-0.39, 0.29) is 10.8 Å². The maximum atomic E-state index is 6.85. The lowest BCUT2D eigenvalue weighted by Crippen LogP contribution is -2.25. The van der Waals surface area contributed by atoms with E-state index in [0.29, 0.717) is 0 Å². The molecule has 0 aromatic heterocycles.